The summed E-state index contributed by atoms with van der Waals surface area (Å²) in [4.78, 5) is 2.26. The molecule has 2 aliphatic heterocycles. The van der Waals surface area contributed by atoms with Gasteiger partial charge >= 0.3 is 0 Å². The van der Waals surface area contributed by atoms with Gasteiger partial charge in [0.1, 0.15) is 11.4 Å². The zero-order valence-corrected chi connectivity index (χ0v) is 9.52. The Balaban J connectivity index is 1.95. The van der Waals surface area contributed by atoms with Crippen LogP contribution in [0.4, 0.5) is 0 Å². The van der Waals surface area contributed by atoms with Gasteiger partial charge in [-0.25, -0.2) is 0 Å². The van der Waals surface area contributed by atoms with Crippen molar-refractivity contribution in [2.24, 2.45) is 0 Å². The van der Waals surface area contributed by atoms with Crippen LogP contribution in [0.25, 0.3) is 0 Å². The smallest absolute Gasteiger partial charge is 0.126 e. The number of likely N-dealkylation sites (tertiary alicyclic amines) is 1. The fourth-order valence-corrected chi connectivity index (χ4v) is 2.88. The third-order valence-corrected chi connectivity index (χ3v) is 3.68. The molecule has 0 amide bonds. The standard InChI is InChI=1S/C13H17NO2/c1-14-7-6-13(9-14)8-11(15)10-4-2-3-5-12(10)16-13/h2-5,11,15H,6-9H2,1H3/t11-,13?/m0/s1. The van der Waals surface area contributed by atoms with Crippen molar-refractivity contribution in [1.29, 1.82) is 0 Å². The van der Waals surface area contributed by atoms with E-state index in [-0.39, 0.29) is 11.7 Å². The number of hydrogen-bond donors (Lipinski definition) is 1. The molecule has 1 spiro atoms. The monoisotopic (exact) mass is 219 g/mol. The van der Waals surface area contributed by atoms with Crippen molar-refractivity contribution in [3.8, 4) is 5.75 Å². The Kier molecular flexibility index (Phi) is 2.19. The van der Waals surface area contributed by atoms with Crippen LogP contribution >= 0.6 is 0 Å². The van der Waals surface area contributed by atoms with Gasteiger partial charge in [0.2, 0.25) is 0 Å². The predicted octanol–water partition coefficient (Wildman–Crippen LogP) is 1.58. The molecule has 3 nitrogen and oxygen atoms in total. The molecule has 0 aromatic heterocycles. The van der Waals surface area contributed by atoms with Crippen LogP contribution in [0.2, 0.25) is 0 Å². The van der Waals surface area contributed by atoms with Crippen LogP contribution in [0.1, 0.15) is 24.5 Å². The topological polar surface area (TPSA) is 32.7 Å². The average molecular weight is 219 g/mol. The van der Waals surface area contributed by atoms with E-state index >= 15 is 0 Å². The lowest BCUT2D eigenvalue weighted by molar-refractivity contribution is -0.00577. The number of fused-ring (bicyclic) bond motifs is 1. The van der Waals surface area contributed by atoms with E-state index in [1.165, 1.54) is 0 Å². The van der Waals surface area contributed by atoms with Gasteiger partial charge in [-0.15, -0.1) is 0 Å². The van der Waals surface area contributed by atoms with Gasteiger partial charge in [-0.1, -0.05) is 18.2 Å². The Morgan fingerprint density at radius 2 is 2.25 bits per heavy atom. The first kappa shape index (κ1) is 10.1. The summed E-state index contributed by atoms with van der Waals surface area (Å²) < 4.78 is 6.12. The quantitative estimate of drug-likeness (QED) is 0.719. The molecule has 1 fully saturated rings. The lowest BCUT2D eigenvalue weighted by atomic mass is 9.88. The zero-order valence-electron chi connectivity index (χ0n) is 9.52. The molecule has 1 aromatic carbocycles. The van der Waals surface area contributed by atoms with Crippen LogP contribution in [0.3, 0.4) is 0 Å². The lowest BCUT2D eigenvalue weighted by Crippen LogP contribution is -2.43. The minimum absolute atomic E-state index is 0.164. The van der Waals surface area contributed by atoms with Gasteiger partial charge in [-0.2, -0.15) is 0 Å². The number of para-hydroxylation sites is 1. The molecular weight excluding hydrogens is 202 g/mol. The molecular formula is C13H17NO2. The first-order valence-corrected chi connectivity index (χ1v) is 5.83. The fraction of sp³-hybridized carbons (Fsp3) is 0.538. The summed E-state index contributed by atoms with van der Waals surface area (Å²) in [5.41, 5.74) is 0.769. The van der Waals surface area contributed by atoms with E-state index in [1.807, 2.05) is 24.3 Å². The van der Waals surface area contributed by atoms with E-state index in [4.69, 9.17) is 4.74 Å². The summed E-state index contributed by atoms with van der Waals surface area (Å²) >= 11 is 0. The summed E-state index contributed by atoms with van der Waals surface area (Å²) in [5.74, 6) is 0.858. The highest BCUT2D eigenvalue weighted by Gasteiger charge is 2.44. The highest BCUT2D eigenvalue weighted by atomic mass is 16.5. The third-order valence-electron chi connectivity index (χ3n) is 3.68. The molecule has 2 aliphatic rings. The second-order valence-electron chi connectivity index (χ2n) is 5.03. The third kappa shape index (κ3) is 1.51. The van der Waals surface area contributed by atoms with Crippen LogP contribution in [-0.4, -0.2) is 35.7 Å². The van der Waals surface area contributed by atoms with E-state index in [1.54, 1.807) is 0 Å². The SMILES string of the molecule is CN1CCC2(C[C@H](O)c3ccccc3O2)C1. The lowest BCUT2D eigenvalue weighted by Gasteiger charge is -2.38. The van der Waals surface area contributed by atoms with Crippen molar-refractivity contribution in [3.63, 3.8) is 0 Å². The van der Waals surface area contributed by atoms with Crippen molar-refractivity contribution in [1.82, 2.24) is 4.90 Å². The summed E-state index contributed by atoms with van der Waals surface area (Å²) in [6.45, 7) is 1.97. The second-order valence-corrected chi connectivity index (χ2v) is 5.03. The van der Waals surface area contributed by atoms with Crippen molar-refractivity contribution in [3.05, 3.63) is 29.8 Å². The summed E-state index contributed by atoms with van der Waals surface area (Å²) in [6.07, 6.45) is 1.35. The van der Waals surface area contributed by atoms with Gasteiger partial charge in [0.25, 0.3) is 0 Å². The summed E-state index contributed by atoms with van der Waals surface area (Å²) in [6, 6.07) is 7.82. The Morgan fingerprint density at radius 1 is 1.44 bits per heavy atom. The van der Waals surface area contributed by atoms with Crippen LogP contribution < -0.4 is 4.74 Å². The van der Waals surface area contributed by atoms with E-state index in [0.29, 0.717) is 6.42 Å². The Bertz CT molecular complexity index is 407. The molecule has 0 radical (unpaired) electrons. The van der Waals surface area contributed by atoms with Crippen molar-refractivity contribution in [2.75, 3.05) is 20.1 Å². The number of aliphatic hydroxyl groups is 1. The molecule has 0 saturated carbocycles. The maximum Gasteiger partial charge on any atom is 0.126 e. The Morgan fingerprint density at radius 3 is 3.00 bits per heavy atom. The number of aliphatic hydroxyl groups excluding tert-OH is 1. The molecule has 1 unspecified atom stereocenters. The number of hydrogen-bond acceptors (Lipinski definition) is 3. The molecule has 2 atom stereocenters. The maximum atomic E-state index is 10.2. The zero-order chi connectivity index (χ0) is 11.2. The Hall–Kier alpha value is -1.06. The summed E-state index contributed by atoms with van der Waals surface area (Å²) in [5, 5.41) is 10.2. The molecule has 0 aliphatic carbocycles. The number of rotatable bonds is 0. The molecule has 1 saturated heterocycles. The minimum atomic E-state index is -0.378. The van der Waals surface area contributed by atoms with Gasteiger partial charge in [0.05, 0.1) is 6.10 Å². The highest BCUT2D eigenvalue weighted by molar-refractivity contribution is 5.38. The van der Waals surface area contributed by atoms with Gasteiger partial charge in [-0.05, 0) is 13.1 Å². The van der Waals surface area contributed by atoms with Crippen molar-refractivity contribution >= 4 is 0 Å². The largest absolute Gasteiger partial charge is 0.485 e. The van der Waals surface area contributed by atoms with E-state index in [2.05, 4.69) is 11.9 Å². The first-order chi connectivity index (χ1) is 7.69. The first-order valence-electron chi connectivity index (χ1n) is 5.83. The van der Waals surface area contributed by atoms with Crippen molar-refractivity contribution < 1.29 is 9.84 Å². The molecule has 1 N–H and O–H groups in total. The molecule has 86 valence electrons. The van der Waals surface area contributed by atoms with E-state index in [0.717, 1.165) is 30.8 Å². The second kappa shape index (κ2) is 3.47. The van der Waals surface area contributed by atoms with E-state index in [9.17, 15) is 5.11 Å². The number of nitrogens with zero attached hydrogens (tertiary/aromatic N) is 1. The summed E-state index contributed by atoms with van der Waals surface area (Å²) in [7, 11) is 2.10. The normalized spacial score (nSPS) is 33.8. The average Bonchev–Trinajstić information content (AvgIpc) is 2.59. The van der Waals surface area contributed by atoms with Crippen LogP contribution in [-0.2, 0) is 0 Å². The molecule has 3 rings (SSSR count). The molecule has 2 heterocycles. The maximum absolute atomic E-state index is 10.2. The molecule has 1 aromatic rings. The highest BCUT2D eigenvalue weighted by Crippen LogP contribution is 2.43. The van der Waals surface area contributed by atoms with Crippen molar-refractivity contribution in [2.45, 2.75) is 24.5 Å². The fourth-order valence-electron chi connectivity index (χ4n) is 2.88. The Labute approximate surface area is 95.6 Å². The molecule has 3 heteroatoms. The molecule has 0 bridgehead atoms. The van der Waals surface area contributed by atoms with Crippen LogP contribution in [0, 0.1) is 0 Å². The van der Waals surface area contributed by atoms with Gasteiger partial charge in [-0.3, -0.25) is 0 Å². The number of likely N-dealkylation sites (N-methyl/N-ethyl adjacent to an activating group) is 1. The predicted molar refractivity (Wildman–Crippen MR) is 61.5 cm³/mol. The van der Waals surface area contributed by atoms with Gasteiger partial charge in [0, 0.05) is 31.5 Å². The minimum Gasteiger partial charge on any atom is -0.485 e. The number of benzene rings is 1. The van der Waals surface area contributed by atoms with E-state index < -0.39 is 0 Å². The van der Waals surface area contributed by atoms with Crippen LogP contribution in [0.15, 0.2) is 24.3 Å². The van der Waals surface area contributed by atoms with Gasteiger partial charge in [0.15, 0.2) is 0 Å². The van der Waals surface area contributed by atoms with Gasteiger partial charge < -0.3 is 14.7 Å². The molecule has 16 heavy (non-hydrogen) atoms. The van der Waals surface area contributed by atoms with Crippen LogP contribution in [0.5, 0.6) is 5.75 Å². The number of ether oxygens (including phenoxy) is 1.